The highest BCUT2D eigenvalue weighted by molar-refractivity contribution is 14.1. The molecule has 0 bridgehead atoms. The molecule has 1 saturated heterocycles. The number of ether oxygens (including phenoxy) is 1. The Kier molecular flexibility index (Phi) is 2.73. The molecular formula is C6H12INO. The van der Waals surface area contributed by atoms with Crippen LogP contribution in [0, 0.1) is 0 Å². The fourth-order valence-corrected chi connectivity index (χ4v) is 2.22. The number of rotatable bonds is 0. The van der Waals surface area contributed by atoms with Gasteiger partial charge in [-0.15, -0.1) is 0 Å². The third-order valence-electron chi connectivity index (χ3n) is 1.38. The van der Waals surface area contributed by atoms with Crippen LogP contribution in [0.15, 0.2) is 0 Å². The van der Waals surface area contributed by atoms with E-state index in [1.165, 1.54) is 0 Å². The Morgan fingerprint density at radius 2 is 1.78 bits per heavy atom. The zero-order valence-corrected chi connectivity index (χ0v) is 7.96. The second-order valence-corrected chi connectivity index (χ2v) is 3.95. The van der Waals surface area contributed by atoms with Gasteiger partial charge in [-0.2, -0.15) is 0 Å². The zero-order chi connectivity index (χ0) is 6.85. The molecule has 0 aromatic carbocycles. The summed E-state index contributed by atoms with van der Waals surface area (Å²) in [4.78, 5) is 0. The maximum Gasteiger partial charge on any atom is 0.0686 e. The van der Waals surface area contributed by atoms with E-state index in [2.05, 4.69) is 39.8 Å². The van der Waals surface area contributed by atoms with Gasteiger partial charge in [0.2, 0.25) is 0 Å². The summed E-state index contributed by atoms with van der Waals surface area (Å²) in [7, 11) is 0. The summed E-state index contributed by atoms with van der Waals surface area (Å²) in [5.74, 6) is 0. The number of morpholine rings is 1. The normalized spacial score (nSPS) is 39.0. The van der Waals surface area contributed by atoms with Gasteiger partial charge in [0.25, 0.3) is 0 Å². The largest absolute Gasteiger partial charge is 0.373 e. The Labute approximate surface area is 70.0 Å². The topological polar surface area (TPSA) is 12.5 Å². The lowest BCUT2D eigenvalue weighted by Crippen LogP contribution is -2.40. The van der Waals surface area contributed by atoms with E-state index in [0.29, 0.717) is 12.2 Å². The summed E-state index contributed by atoms with van der Waals surface area (Å²) in [5, 5.41) is 0. The number of hydrogen-bond acceptors (Lipinski definition) is 2. The van der Waals surface area contributed by atoms with Gasteiger partial charge in [-0.05, 0) is 13.8 Å². The van der Waals surface area contributed by atoms with E-state index in [4.69, 9.17) is 4.74 Å². The van der Waals surface area contributed by atoms with Gasteiger partial charge in [-0.3, -0.25) is 0 Å². The van der Waals surface area contributed by atoms with E-state index in [1.54, 1.807) is 0 Å². The molecule has 54 valence electrons. The van der Waals surface area contributed by atoms with Gasteiger partial charge in [0.15, 0.2) is 0 Å². The summed E-state index contributed by atoms with van der Waals surface area (Å²) in [6, 6.07) is 0. The van der Waals surface area contributed by atoms with Crippen LogP contribution >= 0.6 is 22.9 Å². The van der Waals surface area contributed by atoms with E-state index in [9.17, 15) is 0 Å². The quantitative estimate of drug-likeness (QED) is 0.470. The first kappa shape index (κ1) is 7.75. The molecule has 1 heterocycles. The molecule has 0 saturated carbocycles. The van der Waals surface area contributed by atoms with Gasteiger partial charge >= 0.3 is 0 Å². The molecule has 1 fully saturated rings. The van der Waals surface area contributed by atoms with Gasteiger partial charge in [0, 0.05) is 36.0 Å². The Bertz CT molecular complexity index is 74.0. The van der Waals surface area contributed by atoms with Crippen molar-refractivity contribution in [3.05, 3.63) is 0 Å². The van der Waals surface area contributed by atoms with Crippen molar-refractivity contribution in [2.45, 2.75) is 26.1 Å². The van der Waals surface area contributed by atoms with Crippen molar-refractivity contribution in [3.8, 4) is 0 Å². The van der Waals surface area contributed by atoms with Gasteiger partial charge in [0.1, 0.15) is 0 Å². The maximum atomic E-state index is 5.51. The molecule has 0 N–H and O–H groups in total. The molecule has 1 rings (SSSR count). The Morgan fingerprint density at radius 3 is 2.11 bits per heavy atom. The minimum atomic E-state index is 0.408. The lowest BCUT2D eigenvalue weighted by molar-refractivity contribution is -0.0367. The SMILES string of the molecule is C[C@@H]1CN(I)C[C@@H](C)O1. The van der Waals surface area contributed by atoms with E-state index >= 15 is 0 Å². The fourth-order valence-electron chi connectivity index (χ4n) is 1.12. The predicted octanol–water partition coefficient (Wildman–Crippen LogP) is 1.45. The minimum Gasteiger partial charge on any atom is -0.373 e. The lowest BCUT2D eigenvalue weighted by atomic mass is 10.3. The zero-order valence-electron chi connectivity index (χ0n) is 5.80. The molecule has 3 heteroatoms. The van der Waals surface area contributed by atoms with Crippen LogP contribution in [0.25, 0.3) is 0 Å². The molecule has 1 aliphatic heterocycles. The second-order valence-electron chi connectivity index (χ2n) is 2.59. The van der Waals surface area contributed by atoms with Crippen molar-refractivity contribution in [2.75, 3.05) is 13.1 Å². The first-order valence-electron chi connectivity index (χ1n) is 3.24. The summed E-state index contributed by atoms with van der Waals surface area (Å²) in [5.41, 5.74) is 0. The standard InChI is InChI=1S/C6H12INO/c1-5-3-8(7)4-6(2)9-5/h5-6H,3-4H2,1-2H3/t5-,6-/m1/s1. The first-order valence-corrected chi connectivity index (χ1v) is 4.21. The van der Waals surface area contributed by atoms with Crippen molar-refractivity contribution < 1.29 is 4.74 Å². The Balaban J connectivity index is 2.34. The highest BCUT2D eigenvalue weighted by Crippen LogP contribution is 2.13. The van der Waals surface area contributed by atoms with E-state index in [-0.39, 0.29) is 0 Å². The summed E-state index contributed by atoms with van der Waals surface area (Å²) >= 11 is 2.34. The van der Waals surface area contributed by atoms with Crippen LogP contribution in [0.5, 0.6) is 0 Å². The third-order valence-corrected chi connectivity index (χ3v) is 2.16. The van der Waals surface area contributed by atoms with Crippen molar-refractivity contribution >= 4 is 22.9 Å². The highest BCUT2D eigenvalue weighted by Gasteiger charge is 2.19. The average Bonchev–Trinajstić information content (AvgIpc) is 1.59. The van der Waals surface area contributed by atoms with Crippen LogP contribution in [0.4, 0.5) is 0 Å². The number of nitrogens with zero attached hydrogens (tertiary/aromatic N) is 1. The van der Waals surface area contributed by atoms with Crippen molar-refractivity contribution in [3.63, 3.8) is 0 Å². The van der Waals surface area contributed by atoms with Crippen LogP contribution in [0.1, 0.15) is 13.8 Å². The molecule has 2 nitrogen and oxygen atoms in total. The van der Waals surface area contributed by atoms with Gasteiger partial charge in [0.05, 0.1) is 12.2 Å². The van der Waals surface area contributed by atoms with Gasteiger partial charge in [-0.25, -0.2) is 3.11 Å². The minimum absolute atomic E-state index is 0.408. The smallest absolute Gasteiger partial charge is 0.0686 e. The lowest BCUT2D eigenvalue weighted by Gasteiger charge is -2.30. The highest BCUT2D eigenvalue weighted by atomic mass is 127. The number of hydrogen-bond donors (Lipinski definition) is 0. The van der Waals surface area contributed by atoms with E-state index in [1.807, 2.05) is 0 Å². The summed E-state index contributed by atoms with van der Waals surface area (Å²) in [6.07, 6.45) is 0.816. The van der Waals surface area contributed by atoms with Crippen LogP contribution in [-0.2, 0) is 4.74 Å². The summed E-state index contributed by atoms with van der Waals surface area (Å²) < 4.78 is 7.78. The molecule has 0 radical (unpaired) electrons. The molecule has 2 atom stereocenters. The molecule has 0 unspecified atom stereocenters. The van der Waals surface area contributed by atoms with Crippen LogP contribution in [0.2, 0.25) is 0 Å². The monoisotopic (exact) mass is 241 g/mol. The molecule has 1 aliphatic rings. The fraction of sp³-hybridized carbons (Fsp3) is 1.00. The van der Waals surface area contributed by atoms with Gasteiger partial charge in [-0.1, -0.05) is 0 Å². The Morgan fingerprint density at radius 1 is 1.33 bits per heavy atom. The van der Waals surface area contributed by atoms with Crippen LogP contribution < -0.4 is 0 Å². The molecule has 9 heavy (non-hydrogen) atoms. The summed E-state index contributed by atoms with van der Waals surface area (Å²) in [6.45, 7) is 6.35. The molecule has 0 spiro atoms. The third kappa shape index (κ3) is 2.39. The van der Waals surface area contributed by atoms with Crippen molar-refractivity contribution in [1.82, 2.24) is 3.11 Å². The van der Waals surface area contributed by atoms with E-state index in [0.717, 1.165) is 13.1 Å². The first-order chi connectivity index (χ1) is 4.18. The molecule has 0 aliphatic carbocycles. The molecule has 0 aromatic heterocycles. The second kappa shape index (κ2) is 3.16. The van der Waals surface area contributed by atoms with Crippen molar-refractivity contribution in [1.29, 1.82) is 0 Å². The van der Waals surface area contributed by atoms with Crippen LogP contribution in [0.3, 0.4) is 0 Å². The Hall–Kier alpha value is 0.650. The van der Waals surface area contributed by atoms with Crippen LogP contribution in [-0.4, -0.2) is 28.4 Å². The van der Waals surface area contributed by atoms with Crippen molar-refractivity contribution in [2.24, 2.45) is 0 Å². The average molecular weight is 241 g/mol. The maximum absolute atomic E-state index is 5.51. The molecular weight excluding hydrogens is 229 g/mol. The number of halogens is 1. The molecule has 0 amide bonds. The predicted molar refractivity (Wildman–Crippen MR) is 45.6 cm³/mol. The molecule has 0 aromatic rings. The van der Waals surface area contributed by atoms with E-state index < -0.39 is 0 Å². The van der Waals surface area contributed by atoms with Gasteiger partial charge < -0.3 is 4.74 Å².